The molecule has 1 aromatic carbocycles. The summed E-state index contributed by atoms with van der Waals surface area (Å²) in [7, 11) is 0. The highest BCUT2D eigenvalue weighted by molar-refractivity contribution is 5.14. The highest BCUT2D eigenvalue weighted by Crippen LogP contribution is 2.30. The van der Waals surface area contributed by atoms with Crippen LogP contribution in [0.4, 0.5) is 0 Å². The van der Waals surface area contributed by atoms with E-state index in [1.165, 1.54) is 5.56 Å². The molecule has 0 aromatic heterocycles. The molecule has 2 aliphatic rings. The summed E-state index contributed by atoms with van der Waals surface area (Å²) in [6, 6.07) is 10.9. The Labute approximate surface area is 102 Å². The van der Waals surface area contributed by atoms with Crippen LogP contribution >= 0.6 is 0 Å². The summed E-state index contributed by atoms with van der Waals surface area (Å²) in [6.45, 7) is 4.70. The van der Waals surface area contributed by atoms with Crippen molar-refractivity contribution in [3.8, 4) is 0 Å². The highest BCUT2D eigenvalue weighted by atomic mass is 16.7. The molecule has 3 atom stereocenters. The molecule has 92 valence electrons. The summed E-state index contributed by atoms with van der Waals surface area (Å²) in [5, 5.41) is 2.11. The molecular formula is C14H19NO2. The van der Waals surface area contributed by atoms with Crippen LogP contribution in [0.25, 0.3) is 0 Å². The van der Waals surface area contributed by atoms with Gasteiger partial charge in [0.25, 0.3) is 0 Å². The molecule has 0 unspecified atom stereocenters. The van der Waals surface area contributed by atoms with E-state index in [2.05, 4.69) is 36.3 Å². The van der Waals surface area contributed by atoms with Gasteiger partial charge in [0.2, 0.25) is 0 Å². The van der Waals surface area contributed by atoms with Crippen LogP contribution in [0, 0.1) is 5.92 Å². The van der Waals surface area contributed by atoms with Gasteiger partial charge in [-0.2, -0.15) is 5.06 Å². The zero-order chi connectivity index (χ0) is 11.7. The summed E-state index contributed by atoms with van der Waals surface area (Å²) in [5.74, 6) is 0.501. The minimum Gasteiger partial charge on any atom is -0.379 e. The number of ether oxygens (including phenoxy) is 1. The average molecular weight is 233 g/mol. The molecule has 1 aromatic rings. The van der Waals surface area contributed by atoms with Crippen molar-refractivity contribution in [3.63, 3.8) is 0 Å². The fraction of sp³-hybridized carbons (Fsp3) is 0.571. The van der Waals surface area contributed by atoms with Crippen LogP contribution in [0.5, 0.6) is 0 Å². The molecule has 0 radical (unpaired) electrons. The second-order valence-electron chi connectivity index (χ2n) is 5.11. The van der Waals surface area contributed by atoms with E-state index in [0.717, 1.165) is 26.2 Å². The molecule has 17 heavy (non-hydrogen) atoms. The maximum Gasteiger partial charge on any atom is 0.0857 e. The molecule has 2 bridgehead atoms. The lowest BCUT2D eigenvalue weighted by molar-refractivity contribution is -0.203. The quantitative estimate of drug-likeness (QED) is 0.782. The monoisotopic (exact) mass is 233 g/mol. The maximum atomic E-state index is 6.03. The van der Waals surface area contributed by atoms with Crippen molar-refractivity contribution in [3.05, 3.63) is 35.9 Å². The SMILES string of the molecule is C[C@H]1COC[C@@H]2C[C@H]1ON2Cc1ccccc1. The number of hydrogen-bond acceptors (Lipinski definition) is 3. The minimum absolute atomic E-state index is 0.339. The van der Waals surface area contributed by atoms with E-state index >= 15 is 0 Å². The molecule has 2 fully saturated rings. The number of hydroxylamine groups is 2. The van der Waals surface area contributed by atoms with Crippen molar-refractivity contribution in [1.82, 2.24) is 5.06 Å². The summed E-state index contributed by atoms with van der Waals surface area (Å²) < 4.78 is 5.69. The van der Waals surface area contributed by atoms with Gasteiger partial charge >= 0.3 is 0 Å². The molecule has 0 N–H and O–H groups in total. The molecule has 3 rings (SSSR count). The van der Waals surface area contributed by atoms with Gasteiger partial charge in [0.15, 0.2) is 0 Å². The molecular weight excluding hydrogens is 214 g/mol. The van der Waals surface area contributed by atoms with Gasteiger partial charge in [0, 0.05) is 12.5 Å². The fourth-order valence-corrected chi connectivity index (χ4v) is 2.60. The first kappa shape index (κ1) is 11.2. The third-order valence-corrected chi connectivity index (χ3v) is 3.69. The summed E-state index contributed by atoms with van der Waals surface area (Å²) in [6.07, 6.45) is 1.44. The smallest absolute Gasteiger partial charge is 0.0857 e. The Kier molecular flexibility index (Phi) is 3.14. The first-order chi connectivity index (χ1) is 8.33. The Balaban J connectivity index is 1.69. The largest absolute Gasteiger partial charge is 0.379 e. The van der Waals surface area contributed by atoms with E-state index in [4.69, 9.17) is 9.57 Å². The zero-order valence-electron chi connectivity index (χ0n) is 10.2. The van der Waals surface area contributed by atoms with Crippen LogP contribution in [0.15, 0.2) is 30.3 Å². The second-order valence-corrected chi connectivity index (χ2v) is 5.11. The van der Waals surface area contributed by atoms with E-state index in [-0.39, 0.29) is 0 Å². The van der Waals surface area contributed by atoms with Crippen molar-refractivity contribution in [2.75, 3.05) is 13.2 Å². The summed E-state index contributed by atoms with van der Waals surface area (Å²) in [4.78, 5) is 6.03. The lowest BCUT2D eigenvalue weighted by Crippen LogP contribution is -2.34. The van der Waals surface area contributed by atoms with Gasteiger partial charge < -0.3 is 4.74 Å². The number of hydrogen-bond donors (Lipinski definition) is 0. The molecule has 0 spiro atoms. The van der Waals surface area contributed by atoms with Crippen LogP contribution in [0.1, 0.15) is 18.9 Å². The molecule has 3 heteroatoms. The molecule has 2 heterocycles. The van der Waals surface area contributed by atoms with Crippen LogP contribution in [-0.4, -0.2) is 30.4 Å². The lowest BCUT2D eigenvalue weighted by atomic mass is 10.0. The number of nitrogens with zero attached hydrogens (tertiary/aromatic N) is 1. The summed E-state index contributed by atoms with van der Waals surface area (Å²) in [5.41, 5.74) is 1.30. The first-order valence-corrected chi connectivity index (χ1v) is 6.38. The fourth-order valence-electron chi connectivity index (χ4n) is 2.60. The van der Waals surface area contributed by atoms with Gasteiger partial charge in [-0.3, -0.25) is 4.84 Å². The molecule has 0 amide bonds. The Bertz CT molecular complexity index is 368. The van der Waals surface area contributed by atoms with Gasteiger partial charge in [0.05, 0.1) is 25.4 Å². The number of benzene rings is 1. The van der Waals surface area contributed by atoms with E-state index < -0.39 is 0 Å². The normalized spacial score (nSPS) is 33.6. The zero-order valence-corrected chi connectivity index (χ0v) is 10.2. The van der Waals surface area contributed by atoms with Crippen molar-refractivity contribution in [1.29, 1.82) is 0 Å². The number of fused-ring (bicyclic) bond motifs is 2. The summed E-state index contributed by atoms with van der Waals surface area (Å²) >= 11 is 0. The van der Waals surface area contributed by atoms with Gasteiger partial charge in [-0.25, -0.2) is 0 Å². The van der Waals surface area contributed by atoms with Crippen molar-refractivity contribution < 1.29 is 9.57 Å². The van der Waals surface area contributed by atoms with Crippen molar-refractivity contribution in [2.24, 2.45) is 5.92 Å². The highest BCUT2D eigenvalue weighted by Gasteiger charge is 2.38. The van der Waals surface area contributed by atoms with Gasteiger partial charge in [-0.05, 0) is 12.0 Å². The van der Waals surface area contributed by atoms with E-state index in [9.17, 15) is 0 Å². The molecule has 2 aliphatic heterocycles. The third-order valence-electron chi connectivity index (χ3n) is 3.69. The second kappa shape index (κ2) is 4.77. The topological polar surface area (TPSA) is 21.7 Å². The van der Waals surface area contributed by atoms with Gasteiger partial charge in [-0.15, -0.1) is 0 Å². The van der Waals surface area contributed by atoms with E-state index in [0.29, 0.717) is 18.1 Å². The Morgan fingerprint density at radius 1 is 1.24 bits per heavy atom. The molecule has 0 aliphatic carbocycles. The van der Waals surface area contributed by atoms with Gasteiger partial charge in [0.1, 0.15) is 0 Å². The predicted molar refractivity (Wildman–Crippen MR) is 65.2 cm³/mol. The number of rotatable bonds is 2. The van der Waals surface area contributed by atoms with Crippen LogP contribution in [-0.2, 0) is 16.1 Å². The Morgan fingerprint density at radius 3 is 2.88 bits per heavy atom. The average Bonchev–Trinajstić information content (AvgIpc) is 2.64. The van der Waals surface area contributed by atoms with Crippen molar-refractivity contribution >= 4 is 0 Å². The Hall–Kier alpha value is -0.900. The van der Waals surface area contributed by atoms with Crippen LogP contribution in [0.3, 0.4) is 0 Å². The van der Waals surface area contributed by atoms with Crippen molar-refractivity contribution in [2.45, 2.75) is 32.0 Å². The van der Waals surface area contributed by atoms with Gasteiger partial charge in [-0.1, -0.05) is 37.3 Å². The molecule has 3 nitrogen and oxygen atoms in total. The third kappa shape index (κ3) is 2.37. The first-order valence-electron chi connectivity index (χ1n) is 6.38. The van der Waals surface area contributed by atoms with E-state index in [1.54, 1.807) is 0 Å². The maximum absolute atomic E-state index is 6.03. The lowest BCUT2D eigenvalue weighted by Gasteiger charge is -2.26. The standard InChI is InChI=1S/C14H19NO2/c1-11-9-16-10-13-7-14(11)17-15(13)8-12-5-3-2-4-6-12/h2-6,11,13-14H,7-10H2,1H3/t11-,13-,14+/m0/s1. The predicted octanol–water partition coefficient (Wildman–Crippen LogP) is 2.23. The van der Waals surface area contributed by atoms with E-state index in [1.807, 2.05) is 6.07 Å². The minimum atomic E-state index is 0.339. The molecule has 2 saturated heterocycles. The van der Waals surface area contributed by atoms with Crippen LogP contribution < -0.4 is 0 Å². The Morgan fingerprint density at radius 2 is 2.06 bits per heavy atom. The van der Waals surface area contributed by atoms with Crippen LogP contribution in [0.2, 0.25) is 0 Å². The molecule has 0 saturated carbocycles.